The molecule has 0 spiro atoms. The molecule has 1 aromatic heterocycles. The molecule has 1 fully saturated rings. The minimum Gasteiger partial charge on any atom is -0.339 e. The summed E-state index contributed by atoms with van der Waals surface area (Å²) >= 11 is 0. The van der Waals surface area contributed by atoms with E-state index in [1.54, 1.807) is 0 Å². The van der Waals surface area contributed by atoms with Gasteiger partial charge in [0.15, 0.2) is 5.82 Å². The molecule has 0 radical (unpaired) electrons. The average Bonchev–Trinajstić information content (AvgIpc) is 2.91. The van der Waals surface area contributed by atoms with E-state index in [-0.39, 0.29) is 5.89 Å². The van der Waals surface area contributed by atoms with E-state index >= 15 is 0 Å². The number of halogens is 3. The average molecular weight is 248 g/mol. The molecule has 0 bridgehead atoms. The molecule has 1 aliphatic carbocycles. The van der Waals surface area contributed by atoms with E-state index in [0.29, 0.717) is 18.2 Å². The van der Waals surface area contributed by atoms with Crippen molar-refractivity contribution in [3.05, 3.63) is 11.7 Å². The molecule has 0 saturated heterocycles. The first-order valence-corrected chi connectivity index (χ1v) is 5.31. The van der Waals surface area contributed by atoms with E-state index < -0.39 is 17.9 Å². The van der Waals surface area contributed by atoms with Gasteiger partial charge in [-0.1, -0.05) is 5.16 Å². The number of hydrogen-bond acceptors (Lipinski definition) is 4. The monoisotopic (exact) mass is 248 g/mol. The Balaban J connectivity index is 2.05. The maximum atomic E-state index is 12.2. The Labute approximate surface area is 95.2 Å². The summed E-state index contributed by atoms with van der Waals surface area (Å²) in [4.78, 5) is 14.8. The van der Waals surface area contributed by atoms with E-state index in [2.05, 4.69) is 14.7 Å². The fourth-order valence-electron chi connectivity index (χ4n) is 1.46. The fourth-order valence-corrected chi connectivity index (χ4v) is 1.46. The van der Waals surface area contributed by atoms with Crippen molar-refractivity contribution in [2.75, 3.05) is 0 Å². The molecule has 0 aromatic carbocycles. The quantitative estimate of drug-likeness (QED) is 0.820. The number of ketones is 1. The largest absolute Gasteiger partial charge is 0.450 e. The van der Waals surface area contributed by atoms with Crippen LogP contribution in [0.4, 0.5) is 13.2 Å². The van der Waals surface area contributed by atoms with E-state index in [1.165, 1.54) is 0 Å². The number of carbonyl (C=O) groups is 1. The van der Waals surface area contributed by atoms with Crippen LogP contribution >= 0.6 is 0 Å². The first-order chi connectivity index (χ1) is 7.88. The Kier molecular flexibility index (Phi) is 2.92. The molecule has 17 heavy (non-hydrogen) atoms. The number of nitrogens with zero attached hydrogens (tertiary/aromatic N) is 2. The van der Waals surface area contributed by atoms with Crippen LogP contribution in [-0.2, 0) is 11.2 Å². The summed E-state index contributed by atoms with van der Waals surface area (Å²) in [5.74, 6) is -2.67. The molecule has 0 aliphatic heterocycles. The molecule has 1 heterocycles. The maximum Gasteiger partial charge on any atom is 0.450 e. The molecular weight excluding hydrogens is 237 g/mol. The van der Waals surface area contributed by atoms with Gasteiger partial charge in [-0.3, -0.25) is 4.79 Å². The number of Topliss-reactive ketones (excluding diaryl/α,β-unsaturated/α-hetero) is 1. The minimum absolute atomic E-state index is 0.261. The van der Waals surface area contributed by atoms with Crippen molar-refractivity contribution in [1.29, 1.82) is 0 Å². The molecule has 94 valence electrons. The van der Waals surface area contributed by atoms with Gasteiger partial charge in [-0.2, -0.15) is 18.2 Å². The zero-order chi connectivity index (χ0) is 12.6. The van der Waals surface area contributed by atoms with Gasteiger partial charge in [0, 0.05) is 6.42 Å². The second-order valence-electron chi connectivity index (χ2n) is 4.28. The van der Waals surface area contributed by atoms with Crippen LogP contribution in [0.5, 0.6) is 0 Å². The van der Waals surface area contributed by atoms with Gasteiger partial charge in [0.2, 0.25) is 11.7 Å². The molecule has 0 N–H and O–H groups in total. The Hall–Kier alpha value is -1.40. The zero-order valence-corrected chi connectivity index (χ0v) is 9.12. The summed E-state index contributed by atoms with van der Waals surface area (Å²) in [6, 6.07) is 0. The number of aromatic nitrogens is 2. The van der Waals surface area contributed by atoms with Gasteiger partial charge in [0.1, 0.15) is 5.92 Å². The van der Waals surface area contributed by atoms with Crippen molar-refractivity contribution >= 4 is 5.78 Å². The van der Waals surface area contributed by atoms with Crippen LogP contribution in [0.25, 0.3) is 0 Å². The van der Waals surface area contributed by atoms with Crippen LogP contribution in [0, 0.1) is 5.92 Å². The lowest BCUT2D eigenvalue weighted by atomic mass is 10.1. The van der Waals surface area contributed by atoms with E-state index in [1.807, 2.05) is 0 Å². The topological polar surface area (TPSA) is 56.0 Å². The third-order valence-electron chi connectivity index (χ3n) is 2.70. The van der Waals surface area contributed by atoms with Crippen LogP contribution in [0.1, 0.15) is 37.4 Å². The second kappa shape index (κ2) is 4.12. The third-order valence-corrected chi connectivity index (χ3v) is 2.70. The minimum atomic E-state index is -4.87. The predicted molar refractivity (Wildman–Crippen MR) is 50.2 cm³/mol. The molecular formula is C10H11F3N2O2. The van der Waals surface area contributed by atoms with Gasteiger partial charge in [-0.15, -0.1) is 0 Å². The highest BCUT2D eigenvalue weighted by molar-refractivity contribution is 5.89. The molecule has 0 amide bonds. The lowest BCUT2D eigenvalue weighted by Gasteiger charge is -2.08. The smallest absolute Gasteiger partial charge is 0.339 e. The lowest BCUT2D eigenvalue weighted by Crippen LogP contribution is -2.27. The molecule has 1 unspecified atom stereocenters. The van der Waals surface area contributed by atoms with Crippen molar-refractivity contribution in [2.45, 2.75) is 38.3 Å². The Morgan fingerprint density at radius 3 is 2.71 bits per heavy atom. The highest BCUT2D eigenvalue weighted by Gasteiger charge is 2.44. The van der Waals surface area contributed by atoms with Crippen LogP contribution in [-0.4, -0.2) is 22.1 Å². The van der Waals surface area contributed by atoms with Gasteiger partial charge in [-0.25, -0.2) is 0 Å². The summed E-state index contributed by atoms with van der Waals surface area (Å²) < 4.78 is 41.2. The van der Waals surface area contributed by atoms with Gasteiger partial charge in [0.05, 0.1) is 0 Å². The second-order valence-corrected chi connectivity index (χ2v) is 4.28. The predicted octanol–water partition coefficient (Wildman–Crippen LogP) is 2.26. The maximum absolute atomic E-state index is 12.2. The van der Waals surface area contributed by atoms with Crippen molar-refractivity contribution in [2.24, 2.45) is 5.92 Å². The van der Waals surface area contributed by atoms with Gasteiger partial charge in [0.25, 0.3) is 0 Å². The van der Waals surface area contributed by atoms with Crippen LogP contribution < -0.4 is 0 Å². The SMILES string of the molecule is CC(C(=O)C(F)(F)F)c1nc(CC2CC2)no1. The lowest BCUT2D eigenvalue weighted by molar-refractivity contribution is -0.172. The first kappa shape index (κ1) is 12.1. The highest BCUT2D eigenvalue weighted by atomic mass is 19.4. The highest BCUT2D eigenvalue weighted by Crippen LogP contribution is 2.32. The Bertz CT molecular complexity index is 423. The summed E-state index contributed by atoms with van der Waals surface area (Å²) in [6.07, 6.45) is -2.09. The third kappa shape index (κ3) is 2.83. The number of alkyl halides is 3. The number of rotatable bonds is 4. The van der Waals surface area contributed by atoms with Gasteiger partial charge in [-0.05, 0) is 25.7 Å². The number of carbonyl (C=O) groups excluding carboxylic acids is 1. The molecule has 1 aromatic rings. The molecule has 4 nitrogen and oxygen atoms in total. The van der Waals surface area contributed by atoms with Crippen molar-refractivity contribution in [1.82, 2.24) is 10.1 Å². The normalized spacial score (nSPS) is 18.1. The van der Waals surface area contributed by atoms with E-state index in [0.717, 1.165) is 19.8 Å². The summed E-state index contributed by atoms with van der Waals surface area (Å²) in [7, 11) is 0. The van der Waals surface area contributed by atoms with Gasteiger partial charge >= 0.3 is 6.18 Å². The summed E-state index contributed by atoms with van der Waals surface area (Å²) in [6.45, 7) is 1.12. The number of hydrogen-bond donors (Lipinski definition) is 0. The molecule has 1 saturated carbocycles. The molecule has 1 aliphatic rings. The van der Waals surface area contributed by atoms with Crippen LogP contribution in [0.2, 0.25) is 0 Å². The van der Waals surface area contributed by atoms with Crippen LogP contribution in [0.15, 0.2) is 4.52 Å². The van der Waals surface area contributed by atoms with E-state index in [4.69, 9.17) is 0 Å². The summed E-state index contributed by atoms with van der Waals surface area (Å²) in [5.41, 5.74) is 0. The van der Waals surface area contributed by atoms with Crippen molar-refractivity contribution in [3.8, 4) is 0 Å². The Morgan fingerprint density at radius 2 is 2.18 bits per heavy atom. The Morgan fingerprint density at radius 1 is 1.53 bits per heavy atom. The summed E-state index contributed by atoms with van der Waals surface area (Å²) in [5, 5.41) is 3.58. The van der Waals surface area contributed by atoms with Gasteiger partial charge < -0.3 is 4.52 Å². The van der Waals surface area contributed by atoms with Crippen molar-refractivity contribution < 1.29 is 22.5 Å². The first-order valence-electron chi connectivity index (χ1n) is 5.31. The van der Waals surface area contributed by atoms with Crippen LogP contribution in [0.3, 0.4) is 0 Å². The fraction of sp³-hybridized carbons (Fsp3) is 0.700. The molecule has 1 atom stereocenters. The molecule has 2 rings (SSSR count). The van der Waals surface area contributed by atoms with E-state index in [9.17, 15) is 18.0 Å². The molecule has 7 heteroatoms. The van der Waals surface area contributed by atoms with Crippen molar-refractivity contribution in [3.63, 3.8) is 0 Å². The zero-order valence-electron chi connectivity index (χ0n) is 9.12. The standard InChI is InChI=1S/C10H11F3N2O2/c1-5(8(16)10(11,12)13)9-14-7(15-17-9)4-6-2-3-6/h5-6H,2-4H2,1H3.